The van der Waals surface area contributed by atoms with Gasteiger partial charge in [-0.2, -0.15) is 0 Å². The van der Waals surface area contributed by atoms with Crippen molar-refractivity contribution in [2.75, 3.05) is 39.3 Å². The third-order valence-corrected chi connectivity index (χ3v) is 3.92. The van der Waals surface area contributed by atoms with E-state index in [9.17, 15) is 4.79 Å². The summed E-state index contributed by atoms with van der Waals surface area (Å²) in [7, 11) is 0. The van der Waals surface area contributed by atoms with Crippen LogP contribution in [0, 0.1) is 0 Å². The topological polar surface area (TPSA) is 69.2 Å². The van der Waals surface area contributed by atoms with Crippen molar-refractivity contribution in [1.82, 2.24) is 20.4 Å². The highest BCUT2D eigenvalue weighted by Gasteiger charge is 2.36. The first-order chi connectivity index (χ1) is 11.1. The van der Waals surface area contributed by atoms with Gasteiger partial charge in [0.2, 0.25) is 0 Å². The third kappa shape index (κ3) is 5.54. The van der Waals surface area contributed by atoms with E-state index in [1.54, 1.807) is 4.90 Å². The van der Waals surface area contributed by atoms with Gasteiger partial charge in [-0.25, -0.2) is 4.79 Å². The average Bonchev–Trinajstić information content (AvgIpc) is 2.83. The third-order valence-electron chi connectivity index (χ3n) is 3.92. The molecule has 0 aromatic rings. The molecule has 0 aliphatic carbocycles. The second-order valence-electron chi connectivity index (χ2n) is 8.54. The predicted octanol–water partition coefficient (Wildman–Crippen LogP) is 1.26. The summed E-state index contributed by atoms with van der Waals surface area (Å²) in [6.07, 6.45) is -0.224. The van der Waals surface area contributed by atoms with E-state index >= 15 is 0 Å². The number of ether oxygens (including phenoxy) is 1. The number of nitrogens with zero attached hydrogens (tertiary/aromatic N) is 3. The molecule has 2 N–H and O–H groups in total. The molecule has 1 fully saturated rings. The Morgan fingerprint density at radius 2 is 1.92 bits per heavy atom. The van der Waals surface area contributed by atoms with E-state index in [-0.39, 0.29) is 17.7 Å². The standard InChI is InChI=1S/C17H33N5O2/c1-16(2,3)20-8-7-18-14-19-11-13-12-21(9-10-22(13)14)15(23)24-17(4,5)6/h13,20H,7-12H2,1-6H3,(H,18,19). The molecule has 1 amide bonds. The second kappa shape index (κ2) is 7.17. The van der Waals surface area contributed by atoms with Crippen molar-refractivity contribution >= 4 is 12.1 Å². The van der Waals surface area contributed by atoms with E-state index in [1.807, 2.05) is 20.8 Å². The summed E-state index contributed by atoms with van der Waals surface area (Å²) < 4.78 is 5.47. The maximum atomic E-state index is 12.2. The van der Waals surface area contributed by atoms with Crippen LogP contribution in [-0.2, 0) is 4.74 Å². The van der Waals surface area contributed by atoms with E-state index in [4.69, 9.17) is 4.74 Å². The van der Waals surface area contributed by atoms with Crippen molar-refractivity contribution < 1.29 is 9.53 Å². The maximum Gasteiger partial charge on any atom is 0.410 e. The lowest BCUT2D eigenvalue weighted by Crippen LogP contribution is -2.58. The Balaban J connectivity index is 1.77. The summed E-state index contributed by atoms with van der Waals surface area (Å²) in [6.45, 7) is 16.8. The largest absolute Gasteiger partial charge is 0.444 e. The van der Waals surface area contributed by atoms with Gasteiger partial charge in [0.25, 0.3) is 0 Å². The molecule has 1 atom stereocenters. The van der Waals surface area contributed by atoms with E-state index in [1.165, 1.54) is 0 Å². The molecule has 1 unspecified atom stereocenters. The van der Waals surface area contributed by atoms with Crippen LogP contribution in [0.25, 0.3) is 0 Å². The number of carbonyl (C=O) groups is 1. The van der Waals surface area contributed by atoms with Crippen LogP contribution < -0.4 is 10.6 Å². The zero-order valence-electron chi connectivity index (χ0n) is 16.0. The molecule has 0 aromatic carbocycles. The van der Waals surface area contributed by atoms with Gasteiger partial charge >= 0.3 is 6.09 Å². The van der Waals surface area contributed by atoms with Crippen molar-refractivity contribution in [1.29, 1.82) is 0 Å². The molecule has 24 heavy (non-hydrogen) atoms. The first-order valence-electron chi connectivity index (χ1n) is 8.83. The Morgan fingerprint density at radius 3 is 2.54 bits per heavy atom. The lowest BCUT2D eigenvalue weighted by molar-refractivity contribution is 0.0137. The molecule has 2 aliphatic heterocycles. The van der Waals surface area contributed by atoms with Gasteiger partial charge in [-0.3, -0.25) is 4.99 Å². The zero-order valence-corrected chi connectivity index (χ0v) is 16.0. The first-order valence-corrected chi connectivity index (χ1v) is 8.83. The molecule has 1 saturated heterocycles. The highest BCUT2D eigenvalue weighted by molar-refractivity contribution is 5.82. The number of hydrogen-bond donors (Lipinski definition) is 2. The Hall–Kier alpha value is -1.50. The summed E-state index contributed by atoms with van der Waals surface area (Å²) in [5, 5.41) is 6.87. The summed E-state index contributed by atoms with van der Waals surface area (Å²) in [4.78, 5) is 20.9. The van der Waals surface area contributed by atoms with Gasteiger partial charge in [-0.15, -0.1) is 0 Å². The van der Waals surface area contributed by atoms with Crippen molar-refractivity contribution in [3.05, 3.63) is 0 Å². The normalized spacial score (nSPS) is 21.4. The molecule has 0 bridgehead atoms. The number of nitrogens with one attached hydrogen (secondary N) is 2. The number of guanidine groups is 1. The average molecular weight is 339 g/mol. The Bertz CT molecular complexity index is 478. The van der Waals surface area contributed by atoms with E-state index < -0.39 is 5.60 Å². The molecule has 2 heterocycles. The van der Waals surface area contributed by atoms with E-state index in [0.29, 0.717) is 13.1 Å². The molecular weight excluding hydrogens is 306 g/mol. The van der Waals surface area contributed by atoms with Crippen molar-refractivity contribution in [3.8, 4) is 0 Å². The first kappa shape index (κ1) is 18.8. The smallest absolute Gasteiger partial charge is 0.410 e. The van der Waals surface area contributed by atoms with Crippen LogP contribution in [0.5, 0.6) is 0 Å². The molecule has 138 valence electrons. The second-order valence-corrected chi connectivity index (χ2v) is 8.54. The zero-order chi connectivity index (χ0) is 18.0. The molecule has 2 rings (SSSR count). The number of carbonyl (C=O) groups excluding carboxylic acids is 1. The van der Waals surface area contributed by atoms with Crippen LogP contribution in [-0.4, -0.2) is 78.3 Å². The number of piperazine rings is 1. The molecule has 0 aromatic heterocycles. The fourth-order valence-electron chi connectivity index (χ4n) is 2.83. The quantitative estimate of drug-likeness (QED) is 0.758. The highest BCUT2D eigenvalue weighted by atomic mass is 16.6. The fraction of sp³-hybridized carbons (Fsp3) is 0.882. The van der Waals surface area contributed by atoms with Gasteiger partial charge in [-0.05, 0) is 41.5 Å². The van der Waals surface area contributed by atoms with Gasteiger partial charge < -0.3 is 25.2 Å². The Kier molecular flexibility index (Phi) is 5.63. The monoisotopic (exact) mass is 339 g/mol. The number of hydrogen-bond acceptors (Lipinski definition) is 6. The summed E-state index contributed by atoms with van der Waals surface area (Å²) >= 11 is 0. The summed E-state index contributed by atoms with van der Waals surface area (Å²) in [5.41, 5.74) is -0.325. The number of amides is 1. The lowest BCUT2D eigenvalue weighted by atomic mass is 10.1. The molecule has 2 aliphatic rings. The number of aliphatic imine (C=N–C) groups is 1. The molecule has 7 nitrogen and oxygen atoms in total. The van der Waals surface area contributed by atoms with Crippen molar-refractivity contribution in [3.63, 3.8) is 0 Å². The van der Waals surface area contributed by atoms with Crippen LogP contribution >= 0.6 is 0 Å². The minimum atomic E-state index is -0.451. The SMILES string of the molecule is CC(C)(C)NCCNC1=NCC2CN(C(=O)OC(C)(C)C)CCN12. The van der Waals surface area contributed by atoms with Crippen LogP contribution in [0.3, 0.4) is 0 Å². The van der Waals surface area contributed by atoms with Gasteiger partial charge in [0.05, 0.1) is 12.6 Å². The molecule has 0 radical (unpaired) electrons. The van der Waals surface area contributed by atoms with Crippen molar-refractivity contribution in [2.24, 2.45) is 4.99 Å². The number of fused-ring (bicyclic) bond motifs is 1. The fourth-order valence-corrected chi connectivity index (χ4v) is 2.83. The predicted molar refractivity (Wildman–Crippen MR) is 96.4 cm³/mol. The molecule has 0 saturated carbocycles. The molecule has 0 spiro atoms. The maximum absolute atomic E-state index is 12.2. The van der Waals surface area contributed by atoms with E-state index in [2.05, 4.69) is 41.3 Å². The highest BCUT2D eigenvalue weighted by Crippen LogP contribution is 2.18. The van der Waals surface area contributed by atoms with Gasteiger partial charge in [0, 0.05) is 38.3 Å². The van der Waals surface area contributed by atoms with Crippen LogP contribution in [0.2, 0.25) is 0 Å². The van der Waals surface area contributed by atoms with E-state index in [0.717, 1.165) is 32.1 Å². The van der Waals surface area contributed by atoms with Crippen LogP contribution in [0.1, 0.15) is 41.5 Å². The van der Waals surface area contributed by atoms with Crippen LogP contribution in [0.4, 0.5) is 4.79 Å². The van der Waals surface area contributed by atoms with Crippen LogP contribution in [0.15, 0.2) is 4.99 Å². The minimum absolute atomic E-state index is 0.126. The minimum Gasteiger partial charge on any atom is -0.444 e. The number of rotatable bonds is 3. The molecular formula is C17H33N5O2. The lowest BCUT2D eigenvalue weighted by Gasteiger charge is -2.39. The van der Waals surface area contributed by atoms with Gasteiger partial charge in [-0.1, -0.05) is 0 Å². The van der Waals surface area contributed by atoms with Gasteiger partial charge in [0.1, 0.15) is 5.60 Å². The molecule has 7 heteroatoms. The van der Waals surface area contributed by atoms with Gasteiger partial charge in [0.15, 0.2) is 5.96 Å². The van der Waals surface area contributed by atoms with Crippen molar-refractivity contribution in [2.45, 2.75) is 58.7 Å². The summed E-state index contributed by atoms with van der Waals surface area (Å²) in [5.74, 6) is 0.958. The Morgan fingerprint density at radius 1 is 1.21 bits per heavy atom. The Labute approximate surface area is 145 Å². The summed E-state index contributed by atoms with van der Waals surface area (Å²) in [6, 6.07) is 0.254.